The van der Waals surface area contributed by atoms with Crippen molar-refractivity contribution in [2.45, 2.75) is 6.92 Å². The fraction of sp³-hybridized carbons (Fsp3) is 0.125. The highest BCUT2D eigenvalue weighted by molar-refractivity contribution is 6.07. The van der Waals surface area contributed by atoms with E-state index in [4.69, 9.17) is 4.84 Å². The molecule has 0 aliphatic rings. The van der Waals surface area contributed by atoms with Gasteiger partial charge in [0.25, 0.3) is 5.56 Å². The predicted octanol–water partition coefficient (Wildman–Crippen LogP) is 2.42. The highest BCUT2D eigenvalue weighted by atomic mass is 16.6. The first-order valence-electron chi connectivity index (χ1n) is 6.26. The van der Waals surface area contributed by atoms with Crippen molar-refractivity contribution >= 4 is 27.5 Å². The van der Waals surface area contributed by atoms with Gasteiger partial charge < -0.3 is 4.84 Å². The lowest BCUT2D eigenvalue weighted by Gasteiger charge is -2.11. The number of fused-ring (bicyclic) bond motifs is 3. The van der Waals surface area contributed by atoms with E-state index >= 15 is 0 Å². The summed E-state index contributed by atoms with van der Waals surface area (Å²) in [5, 5.41) is 2.33. The Hall–Kier alpha value is -2.62. The van der Waals surface area contributed by atoms with Gasteiger partial charge in [-0.15, -0.1) is 4.73 Å². The van der Waals surface area contributed by atoms with Crippen LogP contribution in [0.3, 0.4) is 0 Å². The molecule has 2 aromatic carbocycles. The topological polar surface area (TPSA) is 48.3 Å². The zero-order chi connectivity index (χ0) is 14.3. The van der Waals surface area contributed by atoms with Gasteiger partial charge in [-0.05, 0) is 24.4 Å². The lowest BCUT2D eigenvalue weighted by Crippen LogP contribution is -2.25. The number of aromatic nitrogens is 1. The van der Waals surface area contributed by atoms with Crippen LogP contribution < -0.4 is 10.4 Å². The quantitative estimate of drug-likeness (QED) is 0.529. The van der Waals surface area contributed by atoms with E-state index in [2.05, 4.69) is 0 Å². The van der Waals surface area contributed by atoms with Crippen LogP contribution in [0, 0.1) is 0 Å². The first-order valence-corrected chi connectivity index (χ1v) is 6.26. The van der Waals surface area contributed by atoms with Crippen molar-refractivity contribution in [3.05, 3.63) is 58.4 Å². The van der Waals surface area contributed by atoms with Crippen LogP contribution in [0.1, 0.15) is 17.3 Å². The van der Waals surface area contributed by atoms with E-state index in [-0.39, 0.29) is 11.3 Å². The van der Waals surface area contributed by atoms with E-state index in [9.17, 15) is 9.59 Å². The minimum absolute atomic E-state index is 0.0461. The van der Waals surface area contributed by atoms with Crippen LogP contribution in [-0.4, -0.2) is 17.6 Å². The molecule has 3 aromatic rings. The van der Waals surface area contributed by atoms with Crippen LogP contribution in [0.5, 0.6) is 0 Å². The Labute approximate surface area is 115 Å². The maximum atomic E-state index is 12.4. The summed E-state index contributed by atoms with van der Waals surface area (Å²) >= 11 is 0. The van der Waals surface area contributed by atoms with E-state index in [0.717, 1.165) is 10.8 Å². The number of carbonyl (C=O) groups is 1. The number of pyridine rings is 1. The van der Waals surface area contributed by atoms with Gasteiger partial charge in [-0.25, -0.2) is 0 Å². The van der Waals surface area contributed by atoms with Gasteiger partial charge in [-0.2, -0.15) is 0 Å². The molecular weight excluding hydrogens is 254 g/mol. The highest BCUT2D eigenvalue weighted by Crippen LogP contribution is 2.23. The van der Waals surface area contributed by atoms with E-state index in [1.54, 1.807) is 18.2 Å². The van der Waals surface area contributed by atoms with E-state index in [0.29, 0.717) is 16.5 Å². The molecule has 1 heterocycles. The van der Waals surface area contributed by atoms with Crippen molar-refractivity contribution < 1.29 is 9.63 Å². The summed E-state index contributed by atoms with van der Waals surface area (Å²) < 4.78 is 1.23. The fourth-order valence-corrected chi connectivity index (χ4v) is 2.45. The lowest BCUT2D eigenvalue weighted by atomic mass is 10.0. The average molecular weight is 267 g/mol. The van der Waals surface area contributed by atoms with Crippen molar-refractivity contribution in [2.24, 2.45) is 0 Å². The number of carbonyl (C=O) groups excluding carboxylic acids is 1. The van der Waals surface area contributed by atoms with Crippen LogP contribution in [0.2, 0.25) is 0 Å². The maximum absolute atomic E-state index is 12.4. The molecule has 4 heteroatoms. The monoisotopic (exact) mass is 267 g/mol. The predicted molar refractivity (Wildman–Crippen MR) is 78.2 cm³/mol. The third-order valence-corrected chi connectivity index (χ3v) is 3.44. The van der Waals surface area contributed by atoms with Crippen LogP contribution in [0.4, 0.5) is 0 Å². The molecular formula is C16H13NO3. The number of ketones is 1. The molecule has 4 nitrogen and oxygen atoms in total. The van der Waals surface area contributed by atoms with Gasteiger partial charge in [0.1, 0.15) is 7.11 Å². The number of hydrogen-bond acceptors (Lipinski definition) is 3. The Morgan fingerprint density at radius 1 is 1.05 bits per heavy atom. The summed E-state index contributed by atoms with van der Waals surface area (Å²) in [5.41, 5.74) is 0.929. The molecule has 0 aliphatic heterocycles. The van der Waals surface area contributed by atoms with Gasteiger partial charge in [0.15, 0.2) is 5.78 Å². The second-order valence-electron chi connectivity index (χ2n) is 4.62. The minimum Gasteiger partial charge on any atom is -0.413 e. The molecule has 0 spiro atoms. The molecule has 0 bridgehead atoms. The normalized spacial score (nSPS) is 10.9. The van der Waals surface area contributed by atoms with E-state index < -0.39 is 0 Å². The Balaban J connectivity index is 2.57. The van der Waals surface area contributed by atoms with Gasteiger partial charge >= 0.3 is 0 Å². The van der Waals surface area contributed by atoms with Crippen molar-refractivity contribution in [3.8, 4) is 0 Å². The second kappa shape index (κ2) is 4.49. The van der Waals surface area contributed by atoms with E-state index in [1.807, 2.05) is 24.3 Å². The molecule has 0 fully saturated rings. The molecule has 20 heavy (non-hydrogen) atoms. The Morgan fingerprint density at radius 3 is 2.40 bits per heavy atom. The summed E-state index contributed by atoms with van der Waals surface area (Å²) in [4.78, 5) is 29.1. The third kappa shape index (κ3) is 1.69. The van der Waals surface area contributed by atoms with Gasteiger partial charge in [-0.3, -0.25) is 9.59 Å². The summed E-state index contributed by atoms with van der Waals surface area (Å²) in [7, 11) is 1.44. The molecule has 0 amide bonds. The molecule has 100 valence electrons. The van der Waals surface area contributed by atoms with Crippen LogP contribution >= 0.6 is 0 Å². The van der Waals surface area contributed by atoms with Gasteiger partial charge in [0, 0.05) is 10.9 Å². The maximum Gasteiger partial charge on any atom is 0.291 e. The first-order chi connectivity index (χ1) is 9.63. The molecule has 0 unspecified atom stereocenters. The van der Waals surface area contributed by atoms with Gasteiger partial charge in [-0.1, -0.05) is 30.3 Å². The molecule has 0 atom stereocenters. The summed E-state index contributed by atoms with van der Waals surface area (Å²) in [5.74, 6) is -0.0461. The fourth-order valence-electron chi connectivity index (χ4n) is 2.45. The first kappa shape index (κ1) is 12.4. The van der Waals surface area contributed by atoms with Crippen molar-refractivity contribution in [2.75, 3.05) is 7.11 Å². The van der Waals surface area contributed by atoms with Crippen molar-refractivity contribution in [1.29, 1.82) is 0 Å². The smallest absolute Gasteiger partial charge is 0.291 e. The molecule has 0 N–H and O–H groups in total. The van der Waals surface area contributed by atoms with Crippen LogP contribution in [-0.2, 0) is 0 Å². The number of Topliss-reactive ketones (excluding diaryl/α,β-unsaturated/α-hetero) is 1. The third-order valence-electron chi connectivity index (χ3n) is 3.44. The number of nitrogens with zero attached hydrogens (tertiary/aromatic N) is 1. The SMILES string of the molecule is COn1c(=O)c2ccccc2c2ccc(C(C)=O)cc21. The largest absolute Gasteiger partial charge is 0.413 e. The lowest BCUT2D eigenvalue weighted by molar-refractivity contribution is 0.101. The van der Waals surface area contributed by atoms with E-state index in [1.165, 1.54) is 18.8 Å². The van der Waals surface area contributed by atoms with Gasteiger partial charge in [0.2, 0.25) is 0 Å². The molecule has 0 saturated heterocycles. The number of hydrogen-bond donors (Lipinski definition) is 0. The minimum atomic E-state index is -0.226. The second-order valence-corrected chi connectivity index (χ2v) is 4.62. The van der Waals surface area contributed by atoms with Gasteiger partial charge in [0.05, 0.1) is 10.9 Å². The Bertz CT molecular complexity index is 893. The summed E-state index contributed by atoms with van der Waals surface area (Å²) in [6.07, 6.45) is 0. The number of rotatable bonds is 2. The molecule has 1 aromatic heterocycles. The highest BCUT2D eigenvalue weighted by Gasteiger charge is 2.12. The zero-order valence-electron chi connectivity index (χ0n) is 11.2. The van der Waals surface area contributed by atoms with Crippen LogP contribution in [0.15, 0.2) is 47.3 Å². The molecule has 0 radical (unpaired) electrons. The molecule has 3 rings (SSSR count). The standard InChI is InChI=1S/C16H13NO3/c1-10(18)11-7-8-13-12-5-3-4-6-14(12)16(19)17(20-2)15(13)9-11/h3-9H,1-2H3. The molecule has 0 saturated carbocycles. The Kier molecular flexibility index (Phi) is 2.79. The molecule has 0 aliphatic carbocycles. The zero-order valence-corrected chi connectivity index (χ0v) is 11.2. The van der Waals surface area contributed by atoms with Crippen molar-refractivity contribution in [1.82, 2.24) is 4.73 Å². The van der Waals surface area contributed by atoms with Crippen molar-refractivity contribution in [3.63, 3.8) is 0 Å². The summed E-state index contributed by atoms with van der Waals surface area (Å²) in [6, 6.07) is 12.7. The summed E-state index contributed by atoms with van der Waals surface area (Å²) in [6.45, 7) is 1.50. The number of benzene rings is 2. The van der Waals surface area contributed by atoms with Crippen LogP contribution in [0.25, 0.3) is 21.7 Å². The average Bonchev–Trinajstić information content (AvgIpc) is 2.47. The Morgan fingerprint density at radius 2 is 1.75 bits per heavy atom.